The molecule has 3 saturated heterocycles. The van der Waals surface area contributed by atoms with Crippen LogP contribution in [0.3, 0.4) is 0 Å². The molecule has 5 heterocycles. The molecular formula is C44H52ClN9O6. The Kier molecular flexibility index (Phi) is 12.2. The van der Waals surface area contributed by atoms with Crippen molar-refractivity contribution in [2.75, 3.05) is 75.2 Å². The van der Waals surface area contributed by atoms with E-state index in [1.165, 1.54) is 18.2 Å². The van der Waals surface area contributed by atoms with Gasteiger partial charge in [0.2, 0.25) is 11.8 Å². The van der Waals surface area contributed by atoms with Gasteiger partial charge in [-0.3, -0.25) is 44.0 Å². The molecule has 5 amide bonds. The predicted molar refractivity (Wildman–Crippen MR) is 226 cm³/mol. The standard InChI is InChI=1S/C37H48N8O5.C7H4ClNO/c1-36(2)23-37(3,4)35(36)40-31(47)24-5-9-29(38-22-24)44-19-15-42(16-20-44)12-11-41-13-17-43(18-14-41)25-6-7-26-27(21-25)34(50)45(33(26)49)28-8-10-30(46)39-32(28)48;8-7-3-6(10)2-1-5(7)4-9/h5-7,9,21-22,28,35H,8,10-20,23H2,1-4H3,(H,40,47)(H,39,46,48);1-3,10H. The van der Waals surface area contributed by atoms with Crippen LogP contribution in [0.1, 0.15) is 83.6 Å². The van der Waals surface area contributed by atoms with Crippen LogP contribution in [0.4, 0.5) is 11.5 Å². The maximum Gasteiger partial charge on any atom is 0.262 e. The van der Waals surface area contributed by atoms with Crippen molar-refractivity contribution in [3.8, 4) is 11.8 Å². The van der Waals surface area contributed by atoms with E-state index in [1.807, 2.05) is 24.3 Å². The lowest BCUT2D eigenvalue weighted by atomic mass is 9.52. The number of carbonyl (C=O) groups is 5. The molecule has 5 aliphatic rings. The molecule has 316 valence electrons. The molecule has 1 atom stereocenters. The number of hydrogen-bond acceptors (Lipinski definition) is 12. The SMILES string of the molecule is CC1(C)CC(C)(C)C1NC(=O)c1ccc(N2CCN(CCN3CCN(c4ccc5c(c4)C(=O)N(C4CCC(=O)NC4=O)C5=O)CC3)CC2)nc1.N#Cc1ccc(O)cc1Cl. The minimum Gasteiger partial charge on any atom is -0.508 e. The van der Waals surface area contributed by atoms with E-state index in [9.17, 15) is 24.0 Å². The Hall–Kier alpha value is -5.56. The first-order valence-electron chi connectivity index (χ1n) is 20.5. The van der Waals surface area contributed by atoms with Crippen molar-refractivity contribution >= 4 is 52.6 Å². The summed E-state index contributed by atoms with van der Waals surface area (Å²) in [6.07, 6.45) is 3.03. The van der Waals surface area contributed by atoms with Crippen LogP contribution in [0.25, 0.3) is 0 Å². The van der Waals surface area contributed by atoms with Gasteiger partial charge in [0.25, 0.3) is 17.7 Å². The van der Waals surface area contributed by atoms with Crippen molar-refractivity contribution in [1.82, 2.24) is 30.3 Å². The lowest BCUT2D eigenvalue weighted by molar-refractivity contribution is -0.136. The Morgan fingerprint density at radius 1 is 0.867 bits per heavy atom. The average Bonchev–Trinajstić information content (AvgIpc) is 3.47. The Bertz CT molecular complexity index is 2190. The number of benzene rings is 2. The number of rotatable bonds is 8. The molecule has 1 unspecified atom stereocenters. The summed E-state index contributed by atoms with van der Waals surface area (Å²) in [5, 5.41) is 23.0. The fourth-order valence-corrected chi connectivity index (χ4v) is 9.80. The summed E-state index contributed by atoms with van der Waals surface area (Å²) in [6, 6.07) is 14.5. The number of halogens is 1. The minimum absolute atomic E-state index is 0.0576. The number of hydrogen-bond donors (Lipinski definition) is 3. The second-order valence-electron chi connectivity index (χ2n) is 17.6. The van der Waals surface area contributed by atoms with E-state index in [-0.39, 0.29) is 52.3 Å². The van der Waals surface area contributed by atoms with Crippen LogP contribution in [0.2, 0.25) is 5.02 Å². The topological polar surface area (TPSA) is 183 Å². The van der Waals surface area contributed by atoms with Crippen LogP contribution in [0, 0.1) is 22.2 Å². The summed E-state index contributed by atoms with van der Waals surface area (Å²) >= 11 is 5.55. The number of aromatic nitrogens is 1. The molecule has 0 bridgehead atoms. The van der Waals surface area contributed by atoms with Gasteiger partial charge in [0.15, 0.2) is 0 Å². The van der Waals surface area contributed by atoms with Crippen molar-refractivity contribution in [3.63, 3.8) is 0 Å². The zero-order valence-corrected chi connectivity index (χ0v) is 35.3. The van der Waals surface area contributed by atoms with Crippen LogP contribution < -0.4 is 20.4 Å². The number of nitrogens with zero attached hydrogens (tertiary/aromatic N) is 7. The average molecular weight is 838 g/mol. The molecule has 15 nitrogen and oxygen atoms in total. The minimum atomic E-state index is -0.963. The summed E-state index contributed by atoms with van der Waals surface area (Å²) in [5.74, 6) is -1.03. The van der Waals surface area contributed by atoms with Gasteiger partial charge in [0.1, 0.15) is 23.7 Å². The Morgan fingerprint density at radius 3 is 2.07 bits per heavy atom. The third-order valence-electron chi connectivity index (χ3n) is 12.4. The van der Waals surface area contributed by atoms with E-state index < -0.39 is 23.8 Å². The van der Waals surface area contributed by atoms with Crippen LogP contribution in [0.15, 0.2) is 54.7 Å². The van der Waals surface area contributed by atoms with Gasteiger partial charge in [-0.15, -0.1) is 0 Å². The highest BCUT2D eigenvalue weighted by Gasteiger charge is 2.53. The molecule has 4 fully saturated rings. The monoisotopic (exact) mass is 837 g/mol. The van der Waals surface area contributed by atoms with Crippen LogP contribution in [0.5, 0.6) is 5.75 Å². The second kappa shape index (κ2) is 17.2. The number of pyridine rings is 1. The fourth-order valence-electron chi connectivity index (χ4n) is 9.58. The van der Waals surface area contributed by atoms with Gasteiger partial charge >= 0.3 is 0 Å². The van der Waals surface area contributed by atoms with Crippen molar-refractivity contribution in [2.24, 2.45) is 10.8 Å². The van der Waals surface area contributed by atoms with Crippen LogP contribution >= 0.6 is 11.6 Å². The van der Waals surface area contributed by atoms with E-state index in [4.69, 9.17) is 22.0 Å². The smallest absolute Gasteiger partial charge is 0.262 e. The van der Waals surface area contributed by atoms with Gasteiger partial charge in [-0.2, -0.15) is 5.26 Å². The summed E-state index contributed by atoms with van der Waals surface area (Å²) in [6.45, 7) is 17.9. The number of piperidine rings is 1. The van der Waals surface area contributed by atoms with Crippen molar-refractivity contribution in [1.29, 1.82) is 5.26 Å². The number of imide groups is 2. The molecule has 1 saturated carbocycles. The van der Waals surface area contributed by atoms with Crippen molar-refractivity contribution < 1.29 is 29.1 Å². The highest BCUT2D eigenvalue weighted by atomic mass is 35.5. The molecule has 1 aliphatic carbocycles. The number of aromatic hydroxyl groups is 1. The van der Waals surface area contributed by atoms with Gasteiger partial charge in [0.05, 0.1) is 27.3 Å². The number of anilines is 2. The van der Waals surface area contributed by atoms with Gasteiger partial charge in [-0.25, -0.2) is 4.98 Å². The zero-order valence-electron chi connectivity index (χ0n) is 34.5. The van der Waals surface area contributed by atoms with Crippen LogP contribution in [-0.4, -0.2) is 132 Å². The van der Waals surface area contributed by atoms with E-state index >= 15 is 0 Å². The highest BCUT2D eigenvalue weighted by molar-refractivity contribution is 6.31. The lowest BCUT2D eigenvalue weighted by Crippen LogP contribution is -2.63. The first-order chi connectivity index (χ1) is 28.5. The molecule has 2 aromatic carbocycles. The normalized spacial score (nSPS) is 21.7. The number of nitriles is 1. The quantitative estimate of drug-likeness (QED) is 0.279. The van der Waals surface area contributed by atoms with Gasteiger partial charge < -0.3 is 20.2 Å². The maximum atomic E-state index is 13.3. The Labute approximate surface area is 355 Å². The number of fused-ring (bicyclic) bond motifs is 1. The van der Waals surface area contributed by atoms with Crippen LogP contribution in [-0.2, 0) is 9.59 Å². The number of piperazine rings is 2. The van der Waals surface area contributed by atoms with Gasteiger partial charge in [-0.1, -0.05) is 39.3 Å². The summed E-state index contributed by atoms with van der Waals surface area (Å²) in [7, 11) is 0. The summed E-state index contributed by atoms with van der Waals surface area (Å²) in [5.41, 5.74) is 2.67. The fraction of sp³-hybridized carbons (Fsp3) is 0.477. The first-order valence-corrected chi connectivity index (χ1v) is 20.9. The molecule has 60 heavy (non-hydrogen) atoms. The number of amides is 5. The molecule has 16 heteroatoms. The largest absolute Gasteiger partial charge is 0.508 e. The predicted octanol–water partition coefficient (Wildman–Crippen LogP) is 3.90. The number of nitrogens with one attached hydrogen (secondary N) is 2. The van der Waals surface area contributed by atoms with E-state index in [1.54, 1.807) is 18.3 Å². The zero-order chi connectivity index (χ0) is 42.9. The summed E-state index contributed by atoms with van der Waals surface area (Å²) < 4.78 is 0. The lowest BCUT2D eigenvalue weighted by Gasteiger charge is -2.57. The van der Waals surface area contributed by atoms with E-state index in [0.29, 0.717) is 22.3 Å². The highest BCUT2D eigenvalue weighted by Crippen LogP contribution is 2.53. The third kappa shape index (κ3) is 8.96. The first kappa shape index (κ1) is 42.6. The van der Waals surface area contributed by atoms with Crippen molar-refractivity contribution in [2.45, 2.75) is 59.0 Å². The third-order valence-corrected chi connectivity index (χ3v) is 12.7. The number of carbonyl (C=O) groups excluding carboxylic acids is 5. The second-order valence-corrected chi connectivity index (χ2v) is 18.0. The number of phenolic OH excluding ortho intramolecular Hbond substituents is 1. The Morgan fingerprint density at radius 2 is 1.50 bits per heavy atom. The van der Waals surface area contributed by atoms with Gasteiger partial charge in [0, 0.05) is 89.8 Å². The molecule has 0 spiro atoms. The molecule has 1 aromatic heterocycles. The molecule has 8 rings (SSSR count). The number of phenols is 1. The summed E-state index contributed by atoms with van der Waals surface area (Å²) in [4.78, 5) is 78.4. The maximum absolute atomic E-state index is 13.3. The van der Waals surface area contributed by atoms with E-state index in [2.05, 4.69) is 62.9 Å². The molecule has 3 aromatic rings. The molecule has 4 aliphatic heterocycles. The molecule has 0 radical (unpaired) electrons. The molecule has 3 N–H and O–H groups in total. The molecular weight excluding hydrogens is 786 g/mol. The Balaban J connectivity index is 0.000000478. The van der Waals surface area contributed by atoms with Crippen molar-refractivity contribution in [3.05, 3.63) is 82.0 Å². The van der Waals surface area contributed by atoms with Gasteiger partial charge in [-0.05, 0) is 72.2 Å². The van der Waals surface area contributed by atoms with E-state index in [0.717, 1.165) is 88.3 Å².